The minimum atomic E-state index is -0.373. The summed E-state index contributed by atoms with van der Waals surface area (Å²) in [6.45, 7) is 5.81. The van der Waals surface area contributed by atoms with Crippen LogP contribution in [0.3, 0.4) is 0 Å². The van der Waals surface area contributed by atoms with E-state index in [0.717, 1.165) is 19.3 Å². The summed E-state index contributed by atoms with van der Waals surface area (Å²) < 4.78 is 10.8. The number of nitrogens with zero attached hydrogens (tertiary/aromatic N) is 1. The van der Waals surface area contributed by atoms with Gasteiger partial charge in [-0.25, -0.2) is 15.3 Å². The number of hydrogen-bond donors (Lipinski definition) is 2. The molecule has 1 aliphatic rings. The molecule has 0 saturated carbocycles. The molecular formula is C18H26ClN3O4. The lowest BCUT2D eigenvalue weighted by Gasteiger charge is -2.21. The monoisotopic (exact) mass is 383 g/mol. The summed E-state index contributed by atoms with van der Waals surface area (Å²) in [6, 6.07) is 1.73. The van der Waals surface area contributed by atoms with Crippen molar-refractivity contribution in [3.05, 3.63) is 28.9 Å². The Hall–Kier alpha value is -1.67. The van der Waals surface area contributed by atoms with Crippen LogP contribution in [0.1, 0.15) is 38.7 Å². The fraction of sp³-hybridized carbons (Fsp3) is 0.556. The average Bonchev–Trinajstić information content (AvgIpc) is 2.63. The van der Waals surface area contributed by atoms with Crippen LogP contribution in [0.25, 0.3) is 6.08 Å². The molecule has 1 saturated heterocycles. The topological polar surface area (TPSA) is 81.7 Å². The molecule has 1 aliphatic heterocycles. The molecule has 1 amide bonds. The second-order valence-electron chi connectivity index (χ2n) is 6.16. The van der Waals surface area contributed by atoms with Crippen molar-refractivity contribution in [2.75, 3.05) is 25.1 Å². The Balaban J connectivity index is 1.76. The quantitative estimate of drug-likeness (QED) is 0.387. The molecule has 26 heavy (non-hydrogen) atoms. The maximum atomic E-state index is 11.8. The van der Waals surface area contributed by atoms with E-state index in [9.17, 15) is 4.79 Å². The van der Waals surface area contributed by atoms with Gasteiger partial charge in [0.1, 0.15) is 5.82 Å². The molecular weight excluding hydrogens is 358 g/mol. The number of aromatic nitrogens is 1. The van der Waals surface area contributed by atoms with E-state index in [4.69, 9.17) is 25.9 Å². The van der Waals surface area contributed by atoms with Crippen molar-refractivity contribution in [3.8, 4) is 0 Å². The van der Waals surface area contributed by atoms with E-state index in [1.807, 2.05) is 13.8 Å². The lowest BCUT2D eigenvalue weighted by Crippen LogP contribution is -2.32. The van der Waals surface area contributed by atoms with Gasteiger partial charge in [-0.3, -0.25) is 4.79 Å². The first-order valence-corrected chi connectivity index (χ1v) is 9.18. The van der Waals surface area contributed by atoms with Crippen LogP contribution in [0.5, 0.6) is 0 Å². The zero-order valence-electron chi connectivity index (χ0n) is 15.2. The third-order valence-corrected chi connectivity index (χ3v) is 3.85. The zero-order chi connectivity index (χ0) is 18.8. The van der Waals surface area contributed by atoms with Gasteiger partial charge in [-0.15, -0.1) is 0 Å². The van der Waals surface area contributed by atoms with Gasteiger partial charge in [0.25, 0.3) is 5.91 Å². The second kappa shape index (κ2) is 11.1. The number of ether oxygens (including phenoxy) is 2. The van der Waals surface area contributed by atoms with E-state index in [1.54, 1.807) is 18.3 Å². The smallest absolute Gasteiger partial charge is 0.267 e. The normalized spacial score (nSPS) is 17.6. The number of anilines is 1. The summed E-state index contributed by atoms with van der Waals surface area (Å²) in [5, 5.41) is 3.59. The highest BCUT2D eigenvalue weighted by atomic mass is 35.5. The number of halogens is 1. The molecule has 1 aromatic rings. The van der Waals surface area contributed by atoms with Gasteiger partial charge in [-0.05, 0) is 44.4 Å². The Morgan fingerprint density at radius 2 is 2.35 bits per heavy atom. The van der Waals surface area contributed by atoms with Crippen molar-refractivity contribution in [1.82, 2.24) is 10.5 Å². The summed E-state index contributed by atoms with van der Waals surface area (Å²) in [5.41, 5.74) is 3.07. The molecule has 0 aromatic carbocycles. The van der Waals surface area contributed by atoms with Crippen LogP contribution in [-0.2, 0) is 19.1 Å². The molecule has 1 aromatic heterocycles. The van der Waals surface area contributed by atoms with E-state index in [1.165, 1.54) is 6.08 Å². The maximum absolute atomic E-state index is 11.8. The van der Waals surface area contributed by atoms with Gasteiger partial charge in [-0.2, -0.15) is 0 Å². The van der Waals surface area contributed by atoms with Gasteiger partial charge in [0.05, 0.1) is 17.7 Å². The van der Waals surface area contributed by atoms with E-state index in [2.05, 4.69) is 15.8 Å². The standard InChI is InChI=1S/C18H26ClN3O4/c1-13(2)24-10-8-20-18-15(19)11-14(12-21-18)6-7-16(23)22-26-17-5-3-4-9-25-17/h6-7,11-13,17H,3-5,8-10H2,1-2H3,(H,20,21)(H,22,23). The molecule has 2 heterocycles. The van der Waals surface area contributed by atoms with Gasteiger partial charge < -0.3 is 14.8 Å². The van der Waals surface area contributed by atoms with Crippen molar-refractivity contribution in [2.45, 2.75) is 45.5 Å². The van der Waals surface area contributed by atoms with Gasteiger partial charge in [0, 0.05) is 31.8 Å². The number of nitrogens with one attached hydrogen (secondary N) is 2. The lowest BCUT2D eigenvalue weighted by atomic mass is 10.2. The van der Waals surface area contributed by atoms with Crippen LogP contribution in [-0.4, -0.2) is 43.0 Å². The van der Waals surface area contributed by atoms with E-state index < -0.39 is 0 Å². The van der Waals surface area contributed by atoms with Gasteiger partial charge in [-0.1, -0.05) is 11.6 Å². The van der Waals surface area contributed by atoms with Crippen molar-refractivity contribution in [1.29, 1.82) is 0 Å². The number of pyridine rings is 1. The Kier molecular flexibility index (Phi) is 8.84. The maximum Gasteiger partial charge on any atom is 0.267 e. The molecule has 0 aliphatic carbocycles. The minimum absolute atomic E-state index is 0.188. The predicted octanol–water partition coefficient (Wildman–Crippen LogP) is 3.16. The molecule has 2 rings (SSSR count). The number of carbonyl (C=O) groups excluding carboxylic acids is 1. The number of carbonyl (C=O) groups is 1. The van der Waals surface area contributed by atoms with Crippen LogP contribution in [0.2, 0.25) is 5.02 Å². The summed E-state index contributed by atoms with van der Waals surface area (Å²) in [6.07, 6.45) is 7.26. The predicted molar refractivity (Wildman–Crippen MR) is 101 cm³/mol. The van der Waals surface area contributed by atoms with Gasteiger partial charge >= 0.3 is 0 Å². The molecule has 1 atom stereocenters. The lowest BCUT2D eigenvalue weighted by molar-refractivity contribution is -0.198. The first-order chi connectivity index (χ1) is 12.5. The summed E-state index contributed by atoms with van der Waals surface area (Å²) in [5.74, 6) is 0.210. The van der Waals surface area contributed by atoms with E-state index in [-0.39, 0.29) is 18.3 Å². The summed E-state index contributed by atoms with van der Waals surface area (Å²) in [7, 11) is 0. The third kappa shape index (κ3) is 7.70. The highest BCUT2D eigenvalue weighted by Gasteiger charge is 2.14. The molecule has 0 radical (unpaired) electrons. The van der Waals surface area contributed by atoms with E-state index in [0.29, 0.717) is 36.2 Å². The van der Waals surface area contributed by atoms with Gasteiger partial charge in [0.15, 0.2) is 6.29 Å². The molecule has 1 fully saturated rings. The van der Waals surface area contributed by atoms with Crippen LogP contribution in [0.4, 0.5) is 5.82 Å². The number of rotatable bonds is 9. The van der Waals surface area contributed by atoms with Crippen molar-refractivity contribution >= 4 is 29.4 Å². The fourth-order valence-corrected chi connectivity index (χ4v) is 2.51. The molecule has 2 N–H and O–H groups in total. The first-order valence-electron chi connectivity index (χ1n) is 8.81. The van der Waals surface area contributed by atoms with Crippen LogP contribution >= 0.6 is 11.6 Å². The largest absolute Gasteiger partial charge is 0.377 e. The molecule has 0 spiro atoms. The molecule has 7 nitrogen and oxygen atoms in total. The molecule has 1 unspecified atom stereocenters. The summed E-state index contributed by atoms with van der Waals surface area (Å²) in [4.78, 5) is 21.3. The number of hydrogen-bond acceptors (Lipinski definition) is 6. The van der Waals surface area contributed by atoms with Crippen LogP contribution in [0.15, 0.2) is 18.3 Å². The Labute approximate surface area is 159 Å². The Bertz CT molecular complexity index is 604. The molecule has 0 bridgehead atoms. The third-order valence-electron chi connectivity index (χ3n) is 3.56. The van der Waals surface area contributed by atoms with Crippen molar-refractivity contribution in [3.63, 3.8) is 0 Å². The molecule has 8 heteroatoms. The SMILES string of the molecule is CC(C)OCCNc1ncc(C=CC(=O)NOC2CCCCO2)cc1Cl. The second-order valence-corrected chi connectivity index (χ2v) is 6.57. The highest BCUT2D eigenvalue weighted by molar-refractivity contribution is 6.33. The zero-order valence-corrected chi connectivity index (χ0v) is 15.9. The number of hydroxylamine groups is 1. The highest BCUT2D eigenvalue weighted by Crippen LogP contribution is 2.20. The van der Waals surface area contributed by atoms with Crippen molar-refractivity contribution in [2.24, 2.45) is 0 Å². The summed E-state index contributed by atoms with van der Waals surface area (Å²) >= 11 is 6.21. The minimum Gasteiger partial charge on any atom is -0.377 e. The number of amides is 1. The Morgan fingerprint density at radius 1 is 1.50 bits per heavy atom. The van der Waals surface area contributed by atoms with Gasteiger partial charge in [0.2, 0.25) is 0 Å². The Morgan fingerprint density at radius 3 is 3.04 bits per heavy atom. The average molecular weight is 384 g/mol. The van der Waals surface area contributed by atoms with Crippen LogP contribution in [0, 0.1) is 0 Å². The fourth-order valence-electron chi connectivity index (χ4n) is 2.27. The van der Waals surface area contributed by atoms with E-state index >= 15 is 0 Å². The first kappa shape index (κ1) is 20.6. The van der Waals surface area contributed by atoms with Crippen molar-refractivity contribution < 1.29 is 19.1 Å². The van der Waals surface area contributed by atoms with Crippen LogP contribution < -0.4 is 10.8 Å². The molecule has 144 valence electrons.